The SMILES string of the molecule is Cc1cccc(-c2ccc3sc(C4=C(c5nc(-c6ccccc6)sc5C)C(F)(F)C(F)(F)C4(F)F)cc3c2)c1. The smallest absolute Gasteiger partial charge is 0.236 e. The third-order valence-corrected chi connectivity index (χ3v) is 8.99. The van der Waals surface area contributed by atoms with Crippen molar-refractivity contribution in [2.75, 3.05) is 0 Å². The van der Waals surface area contributed by atoms with Crippen LogP contribution in [-0.4, -0.2) is 22.8 Å². The number of thiophene rings is 1. The molecule has 9 heteroatoms. The second-order valence-corrected chi connectivity index (χ2v) is 11.8. The Balaban J connectivity index is 1.57. The highest BCUT2D eigenvalue weighted by molar-refractivity contribution is 7.20. The highest BCUT2D eigenvalue weighted by Crippen LogP contribution is 2.65. The number of benzene rings is 3. The molecule has 0 saturated carbocycles. The summed E-state index contributed by atoms with van der Waals surface area (Å²) in [7, 11) is 0. The van der Waals surface area contributed by atoms with Gasteiger partial charge in [0.25, 0.3) is 0 Å². The summed E-state index contributed by atoms with van der Waals surface area (Å²) in [5.74, 6) is -15.9. The molecule has 0 radical (unpaired) electrons. The molecule has 0 amide bonds. The summed E-state index contributed by atoms with van der Waals surface area (Å²) < 4.78 is 91.7. The van der Waals surface area contributed by atoms with E-state index in [-0.39, 0.29) is 14.8 Å². The van der Waals surface area contributed by atoms with E-state index in [2.05, 4.69) is 4.98 Å². The zero-order chi connectivity index (χ0) is 27.7. The first-order chi connectivity index (χ1) is 18.4. The van der Waals surface area contributed by atoms with Crippen molar-refractivity contribution in [1.82, 2.24) is 4.98 Å². The standard InChI is InChI=1S/C30H19F6NS2/c1-16-7-6-10-19(13-16)20-11-12-22-21(14-20)15-23(39-22)24-25(29(33,34)30(35,36)28(24,31)32)26-17(2)38-27(37-26)18-8-4-3-5-9-18/h3-15H,1-2H3. The number of rotatable bonds is 4. The largest absolute Gasteiger partial charge is 0.380 e. The molecule has 5 aromatic rings. The van der Waals surface area contributed by atoms with Gasteiger partial charge in [0.2, 0.25) is 0 Å². The van der Waals surface area contributed by atoms with E-state index in [1.54, 1.807) is 48.5 Å². The lowest BCUT2D eigenvalue weighted by Gasteiger charge is -2.25. The fraction of sp³-hybridized carbons (Fsp3) is 0.167. The summed E-state index contributed by atoms with van der Waals surface area (Å²) in [4.78, 5) is 4.01. The van der Waals surface area contributed by atoms with Crippen molar-refractivity contribution in [2.24, 2.45) is 0 Å². The fourth-order valence-electron chi connectivity index (χ4n) is 4.87. The molecule has 2 aromatic heterocycles. The van der Waals surface area contributed by atoms with Crippen molar-refractivity contribution in [3.63, 3.8) is 0 Å². The molecule has 3 aromatic carbocycles. The number of allylic oxidation sites excluding steroid dienone is 2. The molecule has 1 aliphatic rings. The topological polar surface area (TPSA) is 12.9 Å². The van der Waals surface area contributed by atoms with Gasteiger partial charge in [-0.15, -0.1) is 22.7 Å². The molecule has 0 N–H and O–H groups in total. The van der Waals surface area contributed by atoms with Crippen LogP contribution >= 0.6 is 22.7 Å². The van der Waals surface area contributed by atoms with Gasteiger partial charge in [-0.1, -0.05) is 66.2 Å². The Bertz CT molecular complexity index is 1760. The predicted octanol–water partition coefficient (Wildman–Crippen LogP) is 10.1. The minimum Gasteiger partial charge on any atom is -0.236 e. The lowest BCUT2D eigenvalue weighted by atomic mass is 10.0. The van der Waals surface area contributed by atoms with Crippen molar-refractivity contribution in [1.29, 1.82) is 0 Å². The van der Waals surface area contributed by atoms with Crippen LogP contribution in [0.5, 0.6) is 0 Å². The number of hydrogen-bond donors (Lipinski definition) is 0. The number of aryl methyl sites for hydroxylation is 2. The van der Waals surface area contributed by atoms with E-state index in [9.17, 15) is 8.78 Å². The molecular weight excluding hydrogens is 552 g/mol. The van der Waals surface area contributed by atoms with Gasteiger partial charge in [0.15, 0.2) is 0 Å². The number of nitrogens with zero attached hydrogens (tertiary/aromatic N) is 1. The van der Waals surface area contributed by atoms with Gasteiger partial charge in [-0.3, -0.25) is 0 Å². The summed E-state index contributed by atoms with van der Waals surface area (Å²) in [6, 6.07) is 22.7. The zero-order valence-corrected chi connectivity index (χ0v) is 22.2. The quantitative estimate of drug-likeness (QED) is 0.196. The first kappa shape index (κ1) is 25.8. The van der Waals surface area contributed by atoms with E-state index in [1.807, 2.05) is 31.2 Å². The van der Waals surface area contributed by atoms with Crippen LogP contribution in [0.2, 0.25) is 0 Å². The van der Waals surface area contributed by atoms with E-state index < -0.39 is 34.6 Å². The maximum atomic E-state index is 15.4. The molecule has 6 rings (SSSR count). The second-order valence-electron chi connectivity index (χ2n) is 9.50. The van der Waals surface area contributed by atoms with E-state index in [0.717, 1.165) is 39.4 Å². The molecule has 0 fully saturated rings. The zero-order valence-electron chi connectivity index (χ0n) is 20.5. The molecule has 1 nitrogen and oxygen atoms in total. The Labute approximate surface area is 228 Å². The Hall–Kier alpha value is -3.43. The first-order valence-corrected chi connectivity index (χ1v) is 13.6. The van der Waals surface area contributed by atoms with Gasteiger partial charge in [-0.2, -0.15) is 26.3 Å². The molecule has 2 heterocycles. The van der Waals surface area contributed by atoms with Crippen LogP contribution in [0.3, 0.4) is 0 Å². The van der Waals surface area contributed by atoms with Gasteiger partial charge in [0, 0.05) is 20.0 Å². The number of halogens is 6. The third kappa shape index (κ3) is 3.85. The van der Waals surface area contributed by atoms with Gasteiger partial charge in [0.1, 0.15) is 5.01 Å². The normalized spacial score (nSPS) is 17.7. The number of fused-ring (bicyclic) bond motifs is 1. The van der Waals surface area contributed by atoms with Gasteiger partial charge < -0.3 is 0 Å². The lowest BCUT2D eigenvalue weighted by Crippen LogP contribution is -2.48. The van der Waals surface area contributed by atoms with Crippen molar-refractivity contribution < 1.29 is 26.3 Å². The van der Waals surface area contributed by atoms with Crippen LogP contribution in [0.1, 0.15) is 21.0 Å². The Morgan fingerprint density at radius 3 is 2.03 bits per heavy atom. The van der Waals surface area contributed by atoms with Crippen LogP contribution in [0.25, 0.3) is 42.9 Å². The highest BCUT2D eigenvalue weighted by Gasteiger charge is 2.80. The summed E-state index contributed by atoms with van der Waals surface area (Å²) in [5.41, 5.74) is -0.0422. The van der Waals surface area contributed by atoms with Crippen LogP contribution in [-0.2, 0) is 0 Å². The summed E-state index contributed by atoms with van der Waals surface area (Å²) >= 11 is 1.78. The molecule has 0 spiro atoms. The van der Waals surface area contributed by atoms with Crippen molar-refractivity contribution in [3.8, 4) is 21.7 Å². The van der Waals surface area contributed by atoms with Gasteiger partial charge in [-0.25, -0.2) is 4.98 Å². The van der Waals surface area contributed by atoms with Gasteiger partial charge >= 0.3 is 17.8 Å². The molecule has 0 unspecified atom stereocenters. The summed E-state index contributed by atoms with van der Waals surface area (Å²) in [6.45, 7) is 3.36. The summed E-state index contributed by atoms with van der Waals surface area (Å²) in [5, 5.41) is 0.776. The number of hydrogen-bond acceptors (Lipinski definition) is 3. The average Bonchev–Trinajstić information content (AvgIpc) is 3.52. The van der Waals surface area contributed by atoms with Crippen LogP contribution in [0.15, 0.2) is 78.9 Å². The molecule has 0 atom stereocenters. The molecule has 0 aliphatic heterocycles. The van der Waals surface area contributed by atoms with E-state index >= 15 is 17.6 Å². The van der Waals surface area contributed by atoms with Gasteiger partial charge in [0.05, 0.1) is 16.8 Å². The molecule has 1 aliphatic carbocycles. The van der Waals surface area contributed by atoms with Crippen LogP contribution in [0, 0.1) is 13.8 Å². The Kier molecular flexibility index (Phi) is 5.82. The molecule has 198 valence electrons. The maximum Gasteiger partial charge on any atom is 0.380 e. The Morgan fingerprint density at radius 1 is 0.641 bits per heavy atom. The number of aromatic nitrogens is 1. The Morgan fingerprint density at radius 2 is 1.31 bits per heavy atom. The third-order valence-electron chi connectivity index (χ3n) is 6.83. The highest BCUT2D eigenvalue weighted by atomic mass is 32.1. The van der Waals surface area contributed by atoms with E-state index in [1.165, 1.54) is 13.0 Å². The van der Waals surface area contributed by atoms with Crippen molar-refractivity contribution >= 4 is 43.9 Å². The first-order valence-electron chi connectivity index (χ1n) is 11.9. The van der Waals surface area contributed by atoms with E-state index in [0.29, 0.717) is 15.6 Å². The van der Waals surface area contributed by atoms with Gasteiger partial charge in [-0.05, 0) is 48.6 Å². The van der Waals surface area contributed by atoms with E-state index in [4.69, 9.17) is 0 Å². The van der Waals surface area contributed by atoms with Crippen LogP contribution < -0.4 is 0 Å². The molecular formula is C30H19F6NS2. The second kappa shape index (κ2) is 8.79. The predicted molar refractivity (Wildman–Crippen MR) is 146 cm³/mol. The molecule has 0 bridgehead atoms. The average molecular weight is 572 g/mol. The minimum absolute atomic E-state index is 0.150. The fourth-order valence-corrected chi connectivity index (χ4v) is 6.93. The van der Waals surface area contributed by atoms with Crippen LogP contribution in [0.4, 0.5) is 26.3 Å². The molecule has 0 saturated heterocycles. The van der Waals surface area contributed by atoms with Crippen molar-refractivity contribution in [3.05, 3.63) is 99.9 Å². The lowest BCUT2D eigenvalue weighted by molar-refractivity contribution is -0.254. The number of alkyl halides is 6. The minimum atomic E-state index is -5.63. The monoisotopic (exact) mass is 571 g/mol. The van der Waals surface area contributed by atoms with Crippen molar-refractivity contribution in [2.45, 2.75) is 31.6 Å². The maximum absolute atomic E-state index is 15.4. The summed E-state index contributed by atoms with van der Waals surface area (Å²) in [6.07, 6.45) is 0. The molecule has 39 heavy (non-hydrogen) atoms. The number of thiazole rings is 1.